The topological polar surface area (TPSA) is 81.2 Å². The maximum Gasteiger partial charge on any atom is 0.251 e. The Kier molecular flexibility index (Phi) is 6.84. The Balaban J connectivity index is 1.48. The van der Waals surface area contributed by atoms with Crippen molar-refractivity contribution in [2.24, 2.45) is 11.8 Å². The first-order valence-corrected chi connectivity index (χ1v) is 14.8. The summed E-state index contributed by atoms with van der Waals surface area (Å²) in [5.41, 5.74) is 2.27. The van der Waals surface area contributed by atoms with E-state index in [1.54, 1.807) is 32.5 Å². The van der Waals surface area contributed by atoms with Gasteiger partial charge < -0.3 is 19.8 Å². The Morgan fingerprint density at radius 2 is 1.65 bits per heavy atom. The van der Waals surface area contributed by atoms with E-state index >= 15 is 0 Å². The van der Waals surface area contributed by atoms with Crippen molar-refractivity contribution in [1.82, 2.24) is 4.90 Å². The van der Waals surface area contributed by atoms with Crippen LogP contribution in [0.25, 0.3) is 0 Å². The van der Waals surface area contributed by atoms with Gasteiger partial charge in [-0.25, -0.2) is 0 Å². The highest BCUT2D eigenvalue weighted by molar-refractivity contribution is 8.02. The maximum absolute atomic E-state index is 14.6. The van der Waals surface area contributed by atoms with Crippen LogP contribution in [0.3, 0.4) is 0 Å². The number of hydrogen-bond donors (Lipinski definition) is 1. The molecular formula is C31H32ClN3O4S. The third kappa shape index (κ3) is 3.95. The van der Waals surface area contributed by atoms with E-state index < -0.39 is 27.4 Å². The average Bonchev–Trinajstić information content (AvgIpc) is 3.20. The molecule has 2 saturated heterocycles. The molecule has 0 radical (unpaired) electrons. The molecule has 0 aliphatic carbocycles. The summed E-state index contributed by atoms with van der Waals surface area (Å²) in [7, 11) is 0. The largest absolute Gasteiger partial charge is 0.396 e. The van der Waals surface area contributed by atoms with E-state index in [9.17, 15) is 19.5 Å². The second kappa shape index (κ2) is 10.1. The maximum atomic E-state index is 14.6. The van der Waals surface area contributed by atoms with E-state index in [2.05, 4.69) is 6.08 Å². The molecule has 1 N–H and O–H groups in total. The molecule has 0 saturated carbocycles. The highest BCUT2D eigenvalue weighted by Gasteiger charge is 2.74. The zero-order chi connectivity index (χ0) is 28.2. The first-order valence-electron chi connectivity index (χ1n) is 13.6. The van der Waals surface area contributed by atoms with Crippen molar-refractivity contribution < 1.29 is 19.5 Å². The van der Waals surface area contributed by atoms with E-state index in [1.165, 1.54) is 0 Å². The van der Waals surface area contributed by atoms with E-state index in [-0.39, 0.29) is 30.9 Å². The molecule has 7 nitrogen and oxygen atoms in total. The van der Waals surface area contributed by atoms with Crippen molar-refractivity contribution in [3.63, 3.8) is 0 Å². The number of benzene rings is 2. The molecule has 208 valence electrons. The van der Waals surface area contributed by atoms with Crippen molar-refractivity contribution in [2.45, 2.75) is 35.8 Å². The molecule has 4 aliphatic rings. The minimum Gasteiger partial charge on any atom is -0.396 e. The standard InChI is InChI=1S/C31H32ClN3O4S/c1-20-10-6-13-22(32)25(20)34-17-8-15-31-24(28(38)35(18-9-19-36)26(31)29(34)39)23-27(37)33(21-11-4-3-5-12-21)16-7-14-30(23,2)40-31/h3-8,10-15,23-24,26,36H,9,16-19H2,1-2H3/t23-,24-,26?,30+,31-/m0/s1. The predicted octanol–water partition coefficient (Wildman–Crippen LogP) is 4.22. The fraction of sp³-hybridized carbons (Fsp3) is 0.387. The molecule has 4 heterocycles. The molecular weight excluding hydrogens is 546 g/mol. The van der Waals surface area contributed by atoms with Crippen LogP contribution < -0.4 is 9.80 Å². The zero-order valence-corrected chi connectivity index (χ0v) is 24.1. The highest BCUT2D eigenvalue weighted by Crippen LogP contribution is 2.65. The van der Waals surface area contributed by atoms with Gasteiger partial charge >= 0.3 is 0 Å². The first-order chi connectivity index (χ1) is 19.2. The average molecular weight is 578 g/mol. The Morgan fingerprint density at radius 1 is 0.925 bits per heavy atom. The number of halogens is 1. The van der Waals surface area contributed by atoms with Crippen molar-refractivity contribution in [3.8, 4) is 0 Å². The minimum absolute atomic E-state index is 0.108. The van der Waals surface area contributed by atoms with Crippen molar-refractivity contribution in [3.05, 3.63) is 83.4 Å². The van der Waals surface area contributed by atoms with Crippen LogP contribution in [0.1, 0.15) is 18.9 Å². The third-order valence-corrected chi connectivity index (χ3v) is 10.7. The van der Waals surface area contributed by atoms with Crippen LogP contribution in [-0.4, -0.2) is 69.5 Å². The molecule has 0 bridgehead atoms. The smallest absolute Gasteiger partial charge is 0.251 e. The van der Waals surface area contributed by atoms with E-state index in [4.69, 9.17) is 11.6 Å². The van der Waals surface area contributed by atoms with Gasteiger partial charge in [-0.15, -0.1) is 11.8 Å². The summed E-state index contributed by atoms with van der Waals surface area (Å²) in [6.07, 6.45) is 8.34. The molecule has 2 aromatic rings. The number of rotatable bonds is 5. The predicted molar refractivity (Wildman–Crippen MR) is 159 cm³/mol. The lowest BCUT2D eigenvalue weighted by Crippen LogP contribution is -2.53. The lowest BCUT2D eigenvalue weighted by atomic mass is 9.74. The van der Waals surface area contributed by atoms with E-state index in [0.717, 1.165) is 11.3 Å². The summed E-state index contributed by atoms with van der Waals surface area (Å²) in [4.78, 5) is 48.4. The number of nitrogens with zero attached hydrogens (tertiary/aromatic N) is 3. The summed E-state index contributed by atoms with van der Waals surface area (Å²) in [6, 6.07) is 14.2. The highest BCUT2D eigenvalue weighted by atomic mass is 35.5. The van der Waals surface area contributed by atoms with Gasteiger partial charge in [0, 0.05) is 36.7 Å². The molecule has 5 atom stereocenters. The van der Waals surface area contributed by atoms with Gasteiger partial charge in [0.05, 0.1) is 27.3 Å². The second-order valence-corrected chi connectivity index (χ2v) is 13.2. The van der Waals surface area contributed by atoms with Crippen LogP contribution in [0.2, 0.25) is 5.02 Å². The summed E-state index contributed by atoms with van der Waals surface area (Å²) < 4.78 is -1.64. The molecule has 1 unspecified atom stereocenters. The Hall–Kier alpha value is -3.07. The number of aliphatic hydroxyl groups excluding tert-OH is 1. The monoisotopic (exact) mass is 577 g/mol. The lowest BCUT2D eigenvalue weighted by molar-refractivity contribution is -0.139. The number of para-hydroxylation sites is 2. The van der Waals surface area contributed by atoms with Gasteiger partial charge in [-0.1, -0.05) is 66.2 Å². The molecule has 2 aromatic carbocycles. The number of aliphatic hydroxyl groups is 1. The van der Waals surface area contributed by atoms with Crippen molar-refractivity contribution >= 4 is 52.5 Å². The fourth-order valence-corrected chi connectivity index (χ4v) is 9.49. The number of thioether (sulfide) groups is 1. The van der Waals surface area contributed by atoms with Crippen molar-refractivity contribution in [2.75, 3.05) is 36.0 Å². The molecule has 6 rings (SSSR count). The number of aryl methyl sites for hydroxylation is 1. The van der Waals surface area contributed by atoms with E-state index in [0.29, 0.717) is 30.2 Å². The molecule has 2 fully saturated rings. The SMILES string of the molecule is Cc1cccc(Cl)c1N1CC=C[C@]23S[C@]4(C)C=CCN(c5ccccc5)C(=O)[C@@H]4[C@H]2C(=O)N(CCCO)C3C1=O. The zero-order valence-electron chi connectivity index (χ0n) is 22.5. The van der Waals surface area contributed by atoms with Gasteiger partial charge in [-0.3, -0.25) is 14.4 Å². The third-order valence-electron chi connectivity index (χ3n) is 8.64. The Labute approximate surface area is 243 Å². The molecule has 9 heteroatoms. The normalized spacial score (nSPS) is 31.2. The van der Waals surface area contributed by atoms with Crippen LogP contribution in [0.4, 0.5) is 11.4 Å². The van der Waals surface area contributed by atoms with Crippen LogP contribution in [0.5, 0.6) is 0 Å². The summed E-state index contributed by atoms with van der Waals surface area (Å²) in [5, 5.41) is 10.1. The summed E-state index contributed by atoms with van der Waals surface area (Å²) in [5.74, 6) is -1.96. The molecule has 4 aliphatic heterocycles. The van der Waals surface area contributed by atoms with Crippen LogP contribution >= 0.6 is 23.4 Å². The molecule has 3 amide bonds. The number of anilines is 2. The van der Waals surface area contributed by atoms with Crippen molar-refractivity contribution in [1.29, 1.82) is 0 Å². The van der Waals surface area contributed by atoms with Gasteiger partial charge in [0.15, 0.2) is 0 Å². The van der Waals surface area contributed by atoms with E-state index in [1.807, 2.05) is 74.5 Å². The first kappa shape index (κ1) is 27.1. The number of fused-ring (bicyclic) bond motifs is 2. The van der Waals surface area contributed by atoms with Crippen LogP contribution in [0.15, 0.2) is 72.8 Å². The van der Waals surface area contributed by atoms with Crippen LogP contribution in [-0.2, 0) is 14.4 Å². The Morgan fingerprint density at radius 3 is 2.38 bits per heavy atom. The van der Waals surface area contributed by atoms with Gasteiger partial charge in [0.2, 0.25) is 11.8 Å². The fourth-order valence-electron chi connectivity index (χ4n) is 7.01. The molecule has 0 aromatic heterocycles. The number of hydrogen-bond acceptors (Lipinski definition) is 5. The van der Waals surface area contributed by atoms with Crippen LogP contribution in [0, 0.1) is 18.8 Å². The van der Waals surface area contributed by atoms with Gasteiger partial charge in [0.25, 0.3) is 5.91 Å². The number of likely N-dealkylation sites (tertiary alicyclic amines) is 1. The van der Waals surface area contributed by atoms with Gasteiger partial charge in [-0.05, 0) is 44.0 Å². The summed E-state index contributed by atoms with van der Waals surface area (Å²) >= 11 is 8.17. The number of carbonyl (C=O) groups excluding carboxylic acids is 3. The number of carbonyl (C=O) groups is 3. The lowest BCUT2D eigenvalue weighted by Gasteiger charge is -2.37. The number of amides is 3. The summed E-state index contributed by atoms with van der Waals surface area (Å²) in [6.45, 7) is 4.76. The van der Waals surface area contributed by atoms with Gasteiger partial charge in [-0.2, -0.15) is 0 Å². The quantitative estimate of drug-likeness (QED) is 0.538. The Bertz CT molecular complexity index is 1410. The van der Waals surface area contributed by atoms with Gasteiger partial charge in [0.1, 0.15) is 6.04 Å². The molecule has 1 spiro atoms. The molecule has 40 heavy (non-hydrogen) atoms. The minimum atomic E-state index is -0.952. The second-order valence-electron chi connectivity index (χ2n) is 11.0.